The lowest BCUT2D eigenvalue weighted by atomic mass is 10.0. The van der Waals surface area contributed by atoms with Crippen LogP contribution in [0.2, 0.25) is 0 Å². The number of benzene rings is 5. The van der Waals surface area contributed by atoms with E-state index in [4.69, 9.17) is 0 Å². The van der Waals surface area contributed by atoms with Crippen molar-refractivity contribution in [2.24, 2.45) is 0 Å². The van der Waals surface area contributed by atoms with Gasteiger partial charge in [0.1, 0.15) is 40.5 Å². The Bertz CT molecular complexity index is 1330. The molecular weight excluding hydrogens is 528 g/mol. The maximum absolute atomic E-state index is 14.7. The summed E-state index contributed by atoms with van der Waals surface area (Å²) in [5.41, 5.74) is 1.37. The van der Waals surface area contributed by atoms with E-state index in [1.165, 1.54) is 12.1 Å². The van der Waals surface area contributed by atoms with Crippen molar-refractivity contribution in [2.45, 2.75) is 5.66 Å². The van der Waals surface area contributed by atoms with Crippen LogP contribution in [-0.2, 0) is 0 Å². The van der Waals surface area contributed by atoms with Gasteiger partial charge >= 0.3 is 7.25 Å². The average molecular weight is 552 g/mol. The lowest BCUT2D eigenvalue weighted by Crippen LogP contribution is -2.35. The maximum atomic E-state index is 14.7. The van der Waals surface area contributed by atoms with Crippen LogP contribution in [0.25, 0.3) is 0 Å². The van der Waals surface area contributed by atoms with E-state index in [0.29, 0.717) is 0 Å². The topological polar surface area (TPSA) is 0 Å². The molecule has 0 saturated carbocycles. The Kier molecular flexibility index (Phi) is 8.93. The van der Waals surface area contributed by atoms with Gasteiger partial charge < -0.3 is 17.3 Å². The summed E-state index contributed by atoms with van der Waals surface area (Å²) in [6, 6.07) is 44.7. The smallest absolute Gasteiger partial charge is 0.418 e. The molecule has 8 heteroatoms. The number of rotatable bonds is 6. The van der Waals surface area contributed by atoms with Crippen molar-refractivity contribution in [3.8, 4) is 0 Å². The van der Waals surface area contributed by atoms with Crippen molar-refractivity contribution >= 4 is 30.4 Å². The third kappa shape index (κ3) is 6.79. The van der Waals surface area contributed by atoms with Crippen LogP contribution in [0.1, 0.15) is 16.8 Å². The molecular formula is C31H24BF6P. The summed E-state index contributed by atoms with van der Waals surface area (Å²) in [5.74, 6) is -0.600. The quantitative estimate of drug-likeness (QED) is 0.113. The van der Waals surface area contributed by atoms with Gasteiger partial charge in [0.15, 0.2) is 0 Å². The van der Waals surface area contributed by atoms with E-state index in [1.54, 1.807) is 24.3 Å². The highest BCUT2D eigenvalue weighted by Crippen LogP contribution is 2.68. The molecule has 0 nitrogen and oxygen atoms in total. The molecule has 0 aliphatic heterocycles. The Morgan fingerprint density at radius 3 is 1.03 bits per heavy atom. The summed E-state index contributed by atoms with van der Waals surface area (Å²) < 4.78 is 68.3. The third-order valence-electron chi connectivity index (χ3n) is 6.21. The lowest BCUT2D eigenvalue weighted by Gasteiger charge is -2.35. The number of halogens is 6. The molecule has 5 rings (SSSR count). The highest BCUT2D eigenvalue weighted by Gasteiger charge is 2.53. The molecule has 0 unspecified atom stereocenters. The zero-order chi connectivity index (χ0) is 27.9. The zero-order valence-electron chi connectivity index (χ0n) is 20.6. The van der Waals surface area contributed by atoms with Crippen molar-refractivity contribution < 1.29 is 26.0 Å². The highest BCUT2D eigenvalue weighted by atomic mass is 31.2. The molecule has 0 aliphatic carbocycles. The van der Waals surface area contributed by atoms with Gasteiger partial charge in [-0.1, -0.05) is 78.9 Å². The first-order chi connectivity index (χ1) is 18.7. The van der Waals surface area contributed by atoms with Crippen LogP contribution in [-0.4, -0.2) is 7.25 Å². The first-order valence-corrected chi connectivity index (χ1v) is 14.0. The second kappa shape index (κ2) is 12.4. The van der Waals surface area contributed by atoms with Crippen molar-refractivity contribution in [2.75, 3.05) is 0 Å². The average Bonchev–Trinajstić information content (AvgIpc) is 2.92. The van der Waals surface area contributed by atoms with Crippen LogP contribution in [0.3, 0.4) is 0 Å². The second-order valence-corrected chi connectivity index (χ2v) is 12.2. The summed E-state index contributed by atoms with van der Waals surface area (Å²) in [4.78, 5) is 0. The predicted molar refractivity (Wildman–Crippen MR) is 150 cm³/mol. The first kappa shape index (κ1) is 28.2. The van der Waals surface area contributed by atoms with Gasteiger partial charge in [0.05, 0.1) is 0 Å². The fraction of sp³-hybridized carbons (Fsp3) is 0.0323. The molecule has 0 spiro atoms. The molecule has 0 bridgehead atoms. The molecule has 0 N–H and O–H groups in total. The van der Waals surface area contributed by atoms with Gasteiger partial charge in [-0.25, -0.2) is 8.78 Å². The van der Waals surface area contributed by atoms with Crippen LogP contribution < -0.4 is 15.9 Å². The minimum atomic E-state index is -6.00. The predicted octanol–water partition coefficient (Wildman–Crippen LogP) is 8.35. The van der Waals surface area contributed by atoms with E-state index in [-0.39, 0.29) is 17.3 Å². The molecule has 0 aromatic heterocycles. The summed E-state index contributed by atoms with van der Waals surface area (Å²) >= 11 is 0. The van der Waals surface area contributed by atoms with E-state index in [2.05, 4.69) is 36.4 Å². The molecule has 5 aromatic rings. The maximum Gasteiger partial charge on any atom is 0.673 e. The fourth-order valence-electron chi connectivity index (χ4n) is 4.88. The van der Waals surface area contributed by atoms with E-state index in [1.807, 2.05) is 66.7 Å². The van der Waals surface area contributed by atoms with Crippen molar-refractivity contribution in [3.05, 3.63) is 162 Å². The van der Waals surface area contributed by atoms with Crippen LogP contribution in [0, 0.1) is 11.6 Å². The van der Waals surface area contributed by atoms with Gasteiger partial charge in [-0.3, -0.25) is 0 Å². The van der Waals surface area contributed by atoms with Crippen molar-refractivity contribution in [3.63, 3.8) is 0 Å². The minimum Gasteiger partial charge on any atom is -0.418 e. The monoisotopic (exact) mass is 552 g/mol. The Balaban J connectivity index is 0.000000648. The normalized spacial score (nSPS) is 11.6. The van der Waals surface area contributed by atoms with Gasteiger partial charge in [0.25, 0.3) is 0 Å². The number of hydrogen-bond acceptors (Lipinski definition) is 0. The standard InChI is InChI=1S/C31H24F2P.BF4/c32-26-14-10-12-24(22-26)31(25-13-11-15-27(33)23-25)34(28-16-4-1-5-17-28,29-18-6-2-7-19-29)30-20-8-3-9-21-30;2-1(3,4)5/h1-23,31H;/q+1;-1. The molecule has 198 valence electrons. The summed E-state index contributed by atoms with van der Waals surface area (Å²) in [7, 11) is -8.48. The summed E-state index contributed by atoms with van der Waals surface area (Å²) in [5, 5.41) is 3.47. The SMILES string of the molecule is F[B-](F)(F)F.Fc1cccc(C(c2cccc(F)c2)[P+](c2ccccc2)(c2ccccc2)c2ccccc2)c1. The number of hydrogen-bond donors (Lipinski definition) is 0. The van der Waals surface area contributed by atoms with Crippen molar-refractivity contribution in [1.82, 2.24) is 0 Å². The molecule has 0 heterocycles. The molecule has 0 saturated heterocycles. The van der Waals surface area contributed by atoms with Gasteiger partial charge in [-0.15, -0.1) is 0 Å². The largest absolute Gasteiger partial charge is 0.673 e. The van der Waals surface area contributed by atoms with Crippen LogP contribution in [0.5, 0.6) is 0 Å². The Hall–Kier alpha value is -3.83. The molecule has 5 aromatic carbocycles. The van der Waals surface area contributed by atoms with Gasteiger partial charge in [-0.05, 0) is 60.7 Å². The Labute approximate surface area is 224 Å². The van der Waals surface area contributed by atoms with Gasteiger partial charge in [0.2, 0.25) is 0 Å². The van der Waals surface area contributed by atoms with Crippen molar-refractivity contribution in [1.29, 1.82) is 0 Å². The van der Waals surface area contributed by atoms with Crippen LogP contribution in [0.15, 0.2) is 140 Å². The Morgan fingerprint density at radius 2 is 0.744 bits per heavy atom. The fourth-order valence-corrected chi connectivity index (χ4v) is 9.81. The Morgan fingerprint density at radius 1 is 0.436 bits per heavy atom. The molecule has 0 radical (unpaired) electrons. The molecule has 0 amide bonds. The van der Waals surface area contributed by atoms with E-state index < -0.39 is 14.5 Å². The third-order valence-corrected chi connectivity index (χ3v) is 10.9. The van der Waals surface area contributed by atoms with Gasteiger partial charge in [0, 0.05) is 11.1 Å². The highest BCUT2D eigenvalue weighted by molar-refractivity contribution is 7.96. The molecule has 0 aliphatic rings. The lowest BCUT2D eigenvalue weighted by molar-refractivity contribution is 0.368. The summed E-state index contributed by atoms with van der Waals surface area (Å²) in [6.07, 6.45) is 0. The molecule has 0 fully saturated rings. The molecule has 39 heavy (non-hydrogen) atoms. The van der Waals surface area contributed by atoms with Crippen LogP contribution in [0.4, 0.5) is 26.0 Å². The second-order valence-electron chi connectivity index (χ2n) is 8.74. The van der Waals surface area contributed by atoms with E-state index in [0.717, 1.165) is 27.0 Å². The first-order valence-electron chi connectivity index (χ1n) is 12.1. The van der Waals surface area contributed by atoms with E-state index >= 15 is 0 Å². The van der Waals surface area contributed by atoms with E-state index in [9.17, 15) is 26.0 Å². The van der Waals surface area contributed by atoms with Gasteiger partial charge in [-0.2, -0.15) is 0 Å². The zero-order valence-corrected chi connectivity index (χ0v) is 21.5. The summed E-state index contributed by atoms with van der Waals surface area (Å²) in [6.45, 7) is 0. The minimum absolute atomic E-state index is 0.286. The van der Waals surface area contributed by atoms with Crippen LogP contribution >= 0.6 is 7.26 Å². The molecule has 0 atom stereocenters.